The van der Waals surface area contributed by atoms with Gasteiger partial charge in [0.2, 0.25) is 11.7 Å². The molecule has 5 fully saturated rings. The van der Waals surface area contributed by atoms with E-state index in [-0.39, 0.29) is 36.7 Å². The van der Waals surface area contributed by atoms with E-state index in [0.717, 1.165) is 101 Å². The van der Waals surface area contributed by atoms with Crippen LogP contribution in [-0.4, -0.2) is 107 Å². The van der Waals surface area contributed by atoms with Gasteiger partial charge in [0.05, 0.1) is 17.1 Å². The number of imide groups is 1. The summed E-state index contributed by atoms with van der Waals surface area (Å²) in [6.45, 7) is 9.05. The number of urea groups is 1. The topological polar surface area (TPSA) is 143 Å². The van der Waals surface area contributed by atoms with E-state index < -0.39 is 40.7 Å². The fourth-order valence-electron chi connectivity index (χ4n) is 10.8. The van der Waals surface area contributed by atoms with Crippen LogP contribution in [0.2, 0.25) is 0 Å². The lowest BCUT2D eigenvalue weighted by molar-refractivity contribution is -0.120. The molecule has 5 aliphatic rings. The Balaban J connectivity index is 0.700. The molecule has 0 atom stereocenters. The van der Waals surface area contributed by atoms with E-state index in [1.165, 1.54) is 31.4 Å². The molecule has 2 saturated carbocycles. The van der Waals surface area contributed by atoms with Crippen LogP contribution in [0, 0.1) is 41.6 Å². The van der Waals surface area contributed by atoms with Crippen LogP contribution in [0.3, 0.4) is 0 Å². The number of phenols is 1. The number of piperidine rings is 1. The summed E-state index contributed by atoms with van der Waals surface area (Å²) in [5, 5.41) is 20.3. The van der Waals surface area contributed by atoms with Crippen molar-refractivity contribution in [1.82, 2.24) is 30.2 Å². The van der Waals surface area contributed by atoms with Crippen LogP contribution in [0.25, 0.3) is 10.9 Å². The molecule has 0 radical (unpaired) electrons. The number of fused-ring (bicyclic) bond motifs is 1. The van der Waals surface area contributed by atoms with Crippen molar-refractivity contribution >= 4 is 46.0 Å². The monoisotopic (exact) mass is 882 g/mol. The van der Waals surface area contributed by atoms with E-state index in [4.69, 9.17) is 5.10 Å². The van der Waals surface area contributed by atoms with E-state index in [1.807, 2.05) is 24.0 Å². The Morgan fingerprint density at radius 3 is 2.30 bits per heavy atom. The Morgan fingerprint density at radius 2 is 1.58 bits per heavy atom. The number of aryl methyl sites for hydroxylation is 1. The van der Waals surface area contributed by atoms with Crippen molar-refractivity contribution in [2.75, 3.05) is 68.7 Å². The molecule has 340 valence electrons. The van der Waals surface area contributed by atoms with Gasteiger partial charge in [-0.1, -0.05) is 6.07 Å². The molecule has 64 heavy (non-hydrogen) atoms. The first-order valence-corrected chi connectivity index (χ1v) is 23.0. The average molecular weight is 883 g/mol. The third-order valence-corrected chi connectivity index (χ3v) is 15.0. The number of amides is 5. The second-order valence-electron chi connectivity index (χ2n) is 18.9. The van der Waals surface area contributed by atoms with E-state index in [1.54, 1.807) is 11.0 Å². The molecule has 9 rings (SSSR count). The molecule has 0 unspecified atom stereocenters. The number of piperazine rings is 1. The van der Waals surface area contributed by atoms with Gasteiger partial charge < -0.3 is 20.2 Å². The highest BCUT2D eigenvalue weighted by atomic mass is 19.2. The smallest absolute Gasteiger partial charge is 0.328 e. The molecular weight excluding hydrogens is 826 g/mol. The van der Waals surface area contributed by atoms with Crippen LogP contribution in [0.5, 0.6) is 5.75 Å². The predicted molar refractivity (Wildman–Crippen MR) is 236 cm³/mol. The zero-order valence-corrected chi connectivity index (χ0v) is 36.4. The quantitative estimate of drug-likeness (QED) is 0.149. The fourth-order valence-corrected chi connectivity index (χ4v) is 10.8. The maximum absolute atomic E-state index is 14.2. The van der Waals surface area contributed by atoms with Gasteiger partial charge in [-0.15, -0.1) is 0 Å². The van der Waals surface area contributed by atoms with Gasteiger partial charge in [-0.3, -0.25) is 34.2 Å². The number of nitrogens with one attached hydrogen (secondary N) is 2. The van der Waals surface area contributed by atoms with Gasteiger partial charge in [-0.05, 0) is 130 Å². The van der Waals surface area contributed by atoms with Crippen molar-refractivity contribution in [3.63, 3.8) is 0 Å². The summed E-state index contributed by atoms with van der Waals surface area (Å²) in [5.74, 6) is -6.54. The average Bonchev–Trinajstić information content (AvgIpc) is 3.74. The standard InChI is InChI=1S/C48H57F3N8O5/c1-30-2-5-33(24-40(30)58-17-12-41(60)53-47(58)64)46(63)57-18-15-48(16-19-57)13-10-32(11-14-48)28-55-20-22-56(23-21-55)36-9-6-34-29-59(54-39(34)25-36)35-7-3-31(4-8-35)27-52-45(62)37-26-38(49)44(61)43(51)42(37)50/h2,5-6,9,24-26,29,31-32,35,61H,3-4,7-8,10-23,27-28H2,1H3,(H,52,62)(H,53,60,64). The van der Waals surface area contributed by atoms with Crippen molar-refractivity contribution in [1.29, 1.82) is 0 Å². The van der Waals surface area contributed by atoms with Crippen LogP contribution in [0.15, 0.2) is 48.7 Å². The zero-order valence-electron chi connectivity index (χ0n) is 36.4. The van der Waals surface area contributed by atoms with Gasteiger partial charge in [-0.2, -0.15) is 9.49 Å². The number of hydrogen-bond acceptors (Lipinski definition) is 8. The molecular formula is C48H57F3N8O5. The van der Waals surface area contributed by atoms with Crippen molar-refractivity contribution in [3.8, 4) is 5.75 Å². The lowest BCUT2D eigenvalue weighted by Crippen LogP contribution is -2.50. The second-order valence-corrected chi connectivity index (χ2v) is 18.9. The number of aromatic nitrogens is 2. The van der Waals surface area contributed by atoms with Gasteiger partial charge in [0.1, 0.15) is 0 Å². The number of nitrogens with zero attached hydrogens (tertiary/aromatic N) is 6. The van der Waals surface area contributed by atoms with Crippen LogP contribution >= 0.6 is 0 Å². The summed E-state index contributed by atoms with van der Waals surface area (Å²) < 4.78 is 43.7. The number of benzene rings is 3. The zero-order chi connectivity index (χ0) is 44.7. The molecule has 2 aliphatic carbocycles. The van der Waals surface area contributed by atoms with Gasteiger partial charge in [0.15, 0.2) is 17.4 Å². The number of carbonyl (C=O) groups excluding carboxylic acids is 4. The van der Waals surface area contributed by atoms with Crippen LogP contribution in [-0.2, 0) is 4.79 Å². The summed E-state index contributed by atoms with van der Waals surface area (Å²) >= 11 is 0. The number of anilines is 2. The molecule has 13 nitrogen and oxygen atoms in total. The molecule has 4 aromatic rings. The number of phenolic OH excluding ortho intramolecular Hbond substituents is 1. The highest BCUT2D eigenvalue weighted by Gasteiger charge is 2.40. The molecule has 5 amide bonds. The number of carbonyl (C=O) groups is 4. The van der Waals surface area contributed by atoms with Crippen molar-refractivity contribution < 1.29 is 37.5 Å². The molecule has 1 spiro atoms. The molecule has 0 bridgehead atoms. The third kappa shape index (κ3) is 9.02. The molecule has 16 heteroatoms. The van der Waals surface area contributed by atoms with Crippen molar-refractivity contribution in [2.45, 2.75) is 83.6 Å². The summed E-state index contributed by atoms with van der Waals surface area (Å²) in [6.07, 6.45) is 12.6. The Bertz CT molecular complexity index is 2430. The minimum absolute atomic E-state index is 0.00130. The highest BCUT2D eigenvalue weighted by Crippen LogP contribution is 2.47. The van der Waals surface area contributed by atoms with E-state index in [0.29, 0.717) is 35.2 Å². The largest absolute Gasteiger partial charge is 0.503 e. The fraction of sp³-hybridized carbons (Fsp3) is 0.521. The maximum Gasteiger partial charge on any atom is 0.328 e. The van der Waals surface area contributed by atoms with Gasteiger partial charge in [0.25, 0.3) is 11.8 Å². The minimum Gasteiger partial charge on any atom is -0.503 e. The molecule has 3 aliphatic heterocycles. The van der Waals surface area contributed by atoms with E-state index >= 15 is 0 Å². The van der Waals surface area contributed by atoms with E-state index in [9.17, 15) is 37.5 Å². The SMILES string of the molecule is Cc1ccc(C(=O)N2CCC3(CCC(CN4CCN(c5ccc6cn(C7CCC(CNC(=O)c8cc(F)c(O)c(F)c8F)CC7)nc6c5)CC4)CC3)CC2)cc1N1CCC(=O)NC1=O. The normalized spacial score (nSPS) is 22.3. The number of hydrogen-bond donors (Lipinski definition) is 3. The summed E-state index contributed by atoms with van der Waals surface area (Å²) in [5.41, 5.74) is 3.81. The van der Waals surface area contributed by atoms with Gasteiger partial charge >= 0.3 is 6.03 Å². The van der Waals surface area contributed by atoms with Crippen LogP contribution in [0.1, 0.15) is 103 Å². The molecule has 3 saturated heterocycles. The molecule has 3 N–H and O–H groups in total. The first-order chi connectivity index (χ1) is 30.8. The maximum atomic E-state index is 14.2. The molecule has 4 heterocycles. The first-order valence-electron chi connectivity index (χ1n) is 23.0. The second kappa shape index (κ2) is 18.1. The number of halogens is 3. The Hall–Kier alpha value is -5.64. The van der Waals surface area contributed by atoms with Crippen LogP contribution < -0.4 is 20.4 Å². The molecule has 1 aromatic heterocycles. The van der Waals surface area contributed by atoms with Crippen molar-refractivity contribution in [3.05, 3.63) is 82.8 Å². The molecule has 3 aromatic carbocycles. The Morgan fingerprint density at radius 1 is 0.844 bits per heavy atom. The summed E-state index contributed by atoms with van der Waals surface area (Å²) in [4.78, 5) is 59.0. The Kier molecular flexibility index (Phi) is 12.3. The number of aromatic hydroxyl groups is 1. The van der Waals surface area contributed by atoms with Gasteiger partial charge in [0, 0.05) is 93.8 Å². The Labute approximate surface area is 370 Å². The third-order valence-electron chi connectivity index (χ3n) is 15.0. The summed E-state index contributed by atoms with van der Waals surface area (Å²) in [7, 11) is 0. The first kappa shape index (κ1) is 43.6. The number of likely N-dealkylation sites (tertiary alicyclic amines) is 1. The van der Waals surface area contributed by atoms with Crippen molar-refractivity contribution in [2.24, 2.45) is 17.3 Å². The lowest BCUT2D eigenvalue weighted by atomic mass is 9.65. The number of rotatable bonds is 9. The van der Waals surface area contributed by atoms with Gasteiger partial charge in [-0.25, -0.2) is 13.6 Å². The van der Waals surface area contributed by atoms with E-state index in [2.05, 4.69) is 49.5 Å². The lowest BCUT2D eigenvalue weighted by Gasteiger charge is -2.47. The summed E-state index contributed by atoms with van der Waals surface area (Å²) in [6, 6.07) is 12.3. The predicted octanol–water partition coefficient (Wildman–Crippen LogP) is 7.31. The highest BCUT2D eigenvalue weighted by molar-refractivity contribution is 6.06. The van der Waals surface area contributed by atoms with Crippen LogP contribution in [0.4, 0.5) is 29.3 Å². The minimum atomic E-state index is -1.77.